The lowest BCUT2D eigenvalue weighted by atomic mass is 10.0. The highest BCUT2D eigenvalue weighted by Gasteiger charge is 2.15. The Balaban J connectivity index is 1.79. The number of hydrogen-bond donors (Lipinski definition) is 4. The van der Waals surface area contributed by atoms with Crippen LogP contribution in [0, 0.1) is 0 Å². The summed E-state index contributed by atoms with van der Waals surface area (Å²) in [5, 5.41) is 18.7. The van der Waals surface area contributed by atoms with Gasteiger partial charge in [-0.1, -0.05) is 53.5 Å². The predicted octanol–water partition coefficient (Wildman–Crippen LogP) is 4.43. The molecule has 0 saturated carbocycles. The molecule has 1 amide bonds. The summed E-state index contributed by atoms with van der Waals surface area (Å²) < 4.78 is 0. The van der Waals surface area contributed by atoms with E-state index in [2.05, 4.69) is 20.9 Å². The number of anilines is 2. The van der Waals surface area contributed by atoms with Crippen LogP contribution in [0.3, 0.4) is 0 Å². The highest BCUT2D eigenvalue weighted by atomic mass is 35.5. The second-order valence-electron chi connectivity index (χ2n) is 6.49. The quantitative estimate of drug-likeness (QED) is 0.386. The molecule has 0 aliphatic carbocycles. The molecule has 0 saturated heterocycles. The lowest BCUT2D eigenvalue weighted by Gasteiger charge is -2.14. The fraction of sp³-hybridized carbons (Fsp3) is 0.182. The van der Waals surface area contributed by atoms with E-state index in [4.69, 9.17) is 28.3 Å². The first-order chi connectivity index (χ1) is 14.5. The summed E-state index contributed by atoms with van der Waals surface area (Å²) in [4.78, 5) is 16.8. The van der Waals surface area contributed by atoms with Crippen LogP contribution < -0.4 is 16.0 Å². The topological polar surface area (TPSA) is 86.3 Å². The third kappa shape index (κ3) is 5.09. The Morgan fingerprint density at radius 1 is 1.00 bits per heavy atom. The van der Waals surface area contributed by atoms with Crippen LogP contribution in [-0.2, 0) is 6.54 Å². The van der Waals surface area contributed by atoms with E-state index in [1.165, 1.54) is 0 Å². The molecular weight excluding hydrogens is 423 g/mol. The molecule has 1 heterocycles. The first-order valence-electron chi connectivity index (χ1n) is 9.38. The fourth-order valence-electron chi connectivity index (χ4n) is 2.93. The Labute approximate surface area is 185 Å². The van der Waals surface area contributed by atoms with Crippen molar-refractivity contribution in [3.8, 4) is 11.1 Å². The van der Waals surface area contributed by atoms with E-state index in [1.807, 2.05) is 36.4 Å². The second kappa shape index (κ2) is 10.4. The molecule has 4 N–H and O–H groups in total. The van der Waals surface area contributed by atoms with Crippen LogP contribution in [0.1, 0.15) is 16.1 Å². The summed E-state index contributed by atoms with van der Waals surface area (Å²) in [6, 6.07) is 14.5. The molecule has 156 valence electrons. The number of nitrogens with zero attached hydrogens (tertiary/aromatic N) is 1. The van der Waals surface area contributed by atoms with Gasteiger partial charge in [-0.3, -0.25) is 9.78 Å². The molecule has 6 nitrogen and oxygen atoms in total. The van der Waals surface area contributed by atoms with Crippen molar-refractivity contribution < 1.29 is 9.90 Å². The van der Waals surface area contributed by atoms with Gasteiger partial charge in [0, 0.05) is 37.5 Å². The van der Waals surface area contributed by atoms with Crippen molar-refractivity contribution in [3.05, 3.63) is 76.0 Å². The van der Waals surface area contributed by atoms with Gasteiger partial charge in [0.15, 0.2) is 0 Å². The number of pyridine rings is 1. The molecular formula is C22H22Cl2N4O2. The Morgan fingerprint density at radius 3 is 2.27 bits per heavy atom. The number of halogens is 2. The van der Waals surface area contributed by atoms with E-state index in [-0.39, 0.29) is 18.2 Å². The number of aliphatic hydroxyl groups is 1. The molecule has 8 heteroatoms. The van der Waals surface area contributed by atoms with E-state index in [1.54, 1.807) is 25.4 Å². The monoisotopic (exact) mass is 444 g/mol. The zero-order valence-corrected chi connectivity index (χ0v) is 17.9. The number of carbonyl (C=O) groups is 1. The molecule has 0 bridgehead atoms. The molecule has 3 aromatic rings. The van der Waals surface area contributed by atoms with Gasteiger partial charge in [-0.25, -0.2) is 0 Å². The fourth-order valence-corrected chi connectivity index (χ4v) is 3.53. The van der Waals surface area contributed by atoms with Gasteiger partial charge in [-0.05, 0) is 23.8 Å². The molecule has 1 aromatic heterocycles. The summed E-state index contributed by atoms with van der Waals surface area (Å²) in [6.45, 7) is 1.13. The minimum Gasteiger partial charge on any atom is -0.395 e. The SMILES string of the molecule is CNc1cccc(-c2cccc(NC(=O)c3ccc(CNCCO)cn3)c2Cl)c1Cl. The maximum absolute atomic E-state index is 12.6. The first kappa shape index (κ1) is 22.1. The van der Waals surface area contributed by atoms with Gasteiger partial charge in [0.25, 0.3) is 5.91 Å². The van der Waals surface area contributed by atoms with E-state index in [9.17, 15) is 4.79 Å². The number of aliphatic hydroxyl groups excluding tert-OH is 1. The van der Waals surface area contributed by atoms with Gasteiger partial charge >= 0.3 is 0 Å². The van der Waals surface area contributed by atoms with Crippen molar-refractivity contribution in [1.29, 1.82) is 0 Å². The Hall–Kier alpha value is -2.64. The van der Waals surface area contributed by atoms with E-state index in [0.29, 0.717) is 28.8 Å². The Morgan fingerprint density at radius 2 is 1.67 bits per heavy atom. The maximum atomic E-state index is 12.6. The standard InChI is InChI=1S/C22H22Cl2N4O2/c1-25-17-6-2-4-15(20(17)23)16-5-3-7-18(21(16)24)28-22(30)19-9-8-14(13-27-19)12-26-10-11-29/h2-9,13,25-26,29H,10-12H2,1H3,(H,28,30). The number of aromatic nitrogens is 1. The first-order valence-corrected chi connectivity index (χ1v) is 10.1. The summed E-state index contributed by atoms with van der Waals surface area (Å²) in [5.41, 5.74) is 3.94. The molecule has 30 heavy (non-hydrogen) atoms. The third-order valence-corrected chi connectivity index (χ3v) is 5.29. The molecule has 3 rings (SSSR count). The normalized spacial score (nSPS) is 10.7. The molecule has 0 unspecified atom stereocenters. The number of amides is 1. The number of benzene rings is 2. The van der Waals surface area contributed by atoms with Crippen LogP contribution in [0.4, 0.5) is 11.4 Å². The van der Waals surface area contributed by atoms with Crippen LogP contribution >= 0.6 is 23.2 Å². The van der Waals surface area contributed by atoms with E-state index < -0.39 is 0 Å². The van der Waals surface area contributed by atoms with Gasteiger partial charge in [0.1, 0.15) is 5.69 Å². The molecule has 2 aromatic carbocycles. The average molecular weight is 445 g/mol. The Kier molecular flexibility index (Phi) is 7.65. The number of hydrogen-bond acceptors (Lipinski definition) is 5. The van der Waals surface area contributed by atoms with Gasteiger partial charge in [-0.2, -0.15) is 0 Å². The molecule has 0 aliphatic heterocycles. The van der Waals surface area contributed by atoms with Gasteiger partial charge in [0.05, 0.1) is 28.0 Å². The Bertz CT molecular complexity index is 1030. The van der Waals surface area contributed by atoms with E-state index >= 15 is 0 Å². The van der Waals surface area contributed by atoms with Crippen LogP contribution in [0.25, 0.3) is 11.1 Å². The van der Waals surface area contributed by atoms with Crippen molar-refractivity contribution in [2.75, 3.05) is 30.8 Å². The number of rotatable bonds is 8. The average Bonchev–Trinajstić information content (AvgIpc) is 2.76. The third-order valence-electron chi connectivity index (χ3n) is 4.48. The summed E-state index contributed by atoms with van der Waals surface area (Å²) in [6.07, 6.45) is 1.63. The largest absolute Gasteiger partial charge is 0.395 e. The molecule has 0 aliphatic rings. The van der Waals surface area contributed by atoms with Gasteiger partial charge in [0.2, 0.25) is 0 Å². The van der Waals surface area contributed by atoms with E-state index in [0.717, 1.165) is 22.4 Å². The number of carbonyl (C=O) groups excluding carboxylic acids is 1. The highest BCUT2D eigenvalue weighted by molar-refractivity contribution is 6.39. The molecule has 0 fully saturated rings. The molecule has 0 atom stereocenters. The summed E-state index contributed by atoms with van der Waals surface area (Å²) in [5.74, 6) is -0.362. The zero-order valence-electron chi connectivity index (χ0n) is 16.4. The second-order valence-corrected chi connectivity index (χ2v) is 7.25. The van der Waals surface area contributed by atoms with Crippen molar-refractivity contribution in [3.63, 3.8) is 0 Å². The lowest BCUT2D eigenvalue weighted by molar-refractivity contribution is 0.102. The smallest absolute Gasteiger partial charge is 0.274 e. The molecule has 0 radical (unpaired) electrons. The molecule has 0 spiro atoms. The van der Waals surface area contributed by atoms with Crippen molar-refractivity contribution in [2.24, 2.45) is 0 Å². The summed E-state index contributed by atoms with van der Waals surface area (Å²) >= 11 is 13.1. The highest BCUT2D eigenvalue weighted by Crippen LogP contribution is 2.40. The van der Waals surface area contributed by atoms with Crippen molar-refractivity contribution in [2.45, 2.75) is 6.54 Å². The van der Waals surface area contributed by atoms with Crippen LogP contribution in [-0.4, -0.2) is 36.2 Å². The van der Waals surface area contributed by atoms with Crippen LogP contribution in [0.15, 0.2) is 54.7 Å². The van der Waals surface area contributed by atoms with Gasteiger partial charge < -0.3 is 21.1 Å². The number of nitrogens with one attached hydrogen (secondary N) is 3. The zero-order chi connectivity index (χ0) is 21.5. The predicted molar refractivity (Wildman–Crippen MR) is 122 cm³/mol. The lowest BCUT2D eigenvalue weighted by Crippen LogP contribution is -2.18. The van der Waals surface area contributed by atoms with Crippen molar-refractivity contribution in [1.82, 2.24) is 10.3 Å². The summed E-state index contributed by atoms with van der Waals surface area (Å²) in [7, 11) is 1.80. The minimum atomic E-state index is -0.362. The van der Waals surface area contributed by atoms with Crippen LogP contribution in [0.2, 0.25) is 10.0 Å². The van der Waals surface area contributed by atoms with Gasteiger partial charge in [-0.15, -0.1) is 0 Å². The van der Waals surface area contributed by atoms with Crippen molar-refractivity contribution >= 4 is 40.5 Å². The van der Waals surface area contributed by atoms with Crippen LogP contribution in [0.5, 0.6) is 0 Å². The minimum absolute atomic E-state index is 0.0677. The maximum Gasteiger partial charge on any atom is 0.274 e.